The molecule has 1 aromatic heterocycles. The van der Waals surface area contributed by atoms with Gasteiger partial charge in [-0.2, -0.15) is 0 Å². The average molecular weight is 206 g/mol. The van der Waals surface area contributed by atoms with Gasteiger partial charge in [-0.1, -0.05) is 25.7 Å². The number of nitrogens with one attached hydrogen (secondary N) is 1. The summed E-state index contributed by atoms with van der Waals surface area (Å²) in [5.41, 5.74) is 5.48. The maximum absolute atomic E-state index is 5.48. The SMILES string of the molecule is Nc1ccc(NC2CCCCCC2)nn1. The van der Waals surface area contributed by atoms with Gasteiger partial charge in [-0.25, -0.2) is 0 Å². The summed E-state index contributed by atoms with van der Waals surface area (Å²) in [7, 11) is 0. The average Bonchev–Trinajstić information content (AvgIpc) is 2.50. The highest BCUT2D eigenvalue weighted by Gasteiger charge is 2.12. The third-order valence-electron chi connectivity index (χ3n) is 2.89. The molecule has 0 atom stereocenters. The maximum atomic E-state index is 5.48. The molecule has 0 radical (unpaired) electrons. The molecule has 0 amide bonds. The van der Waals surface area contributed by atoms with Crippen molar-refractivity contribution < 1.29 is 0 Å². The molecular weight excluding hydrogens is 188 g/mol. The molecular formula is C11H18N4. The summed E-state index contributed by atoms with van der Waals surface area (Å²) in [6, 6.07) is 4.24. The zero-order valence-electron chi connectivity index (χ0n) is 8.95. The van der Waals surface area contributed by atoms with Crippen LogP contribution < -0.4 is 11.1 Å². The first kappa shape index (κ1) is 10.2. The lowest BCUT2D eigenvalue weighted by molar-refractivity contribution is 0.616. The van der Waals surface area contributed by atoms with Crippen LogP contribution in [0.2, 0.25) is 0 Å². The molecule has 0 unspecified atom stereocenters. The highest BCUT2D eigenvalue weighted by molar-refractivity contribution is 5.39. The van der Waals surface area contributed by atoms with Gasteiger partial charge in [0.2, 0.25) is 0 Å². The van der Waals surface area contributed by atoms with Crippen LogP contribution in [0.25, 0.3) is 0 Å². The van der Waals surface area contributed by atoms with Gasteiger partial charge < -0.3 is 11.1 Å². The number of anilines is 2. The standard InChI is InChI=1S/C11H18N4/c12-10-7-8-11(15-14-10)13-9-5-3-1-2-4-6-9/h7-9H,1-6H2,(H2,12,14)(H,13,15). The van der Waals surface area contributed by atoms with Crippen molar-refractivity contribution >= 4 is 11.6 Å². The van der Waals surface area contributed by atoms with Crippen molar-refractivity contribution in [1.29, 1.82) is 0 Å². The lowest BCUT2D eigenvalue weighted by Crippen LogP contribution is -2.19. The van der Waals surface area contributed by atoms with Crippen LogP contribution in [-0.4, -0.2) is 16.2 Å². The summed E-state index contributed by atoms with van der Waals surface area (Å²) in [5.74, 6) is 1.32. The Morgan fingerprint density at radius 1 is 1.07 bits per heavy atom. The zero-order valence-corrected chi connectivity index (χ0v) is 8.95. The molecule has 1 aliphatic carbocycles. The van der Waals surface area contributed by atoms with Crippen molar-refractivity contribution in [2.24, 2.45) is 0 Å². The first-order valence-electron chi connectivity index (χ1n) is 5.70. The Kier molecular flexibility index (Phi) is 3.37. The normalized spacial score (nSPS) is 18.4. The molecule has 0 saturated heterocycles. The van der Waals surface area contributed by atoms with Gasteiger partial charge in [0.05, 0.1) is 0 Å². The highest BCUT2D eigenvalue weighted by atomic mass is 15.2. The van der Waals surface area contributed by atoms with Crippen molar-refractivity contribution in [2.45, 2.75) is 44.6 Å². The van der Waals surface area contributed by atoms with Crippen molar-refractivity contribution in [3.05, 3.63) is 12.1 Å². The van der Waals surface area contributed by atoms with E-state index in [0.29, 0.717) is 11.9 Å². The Hall–Kier alpha value is -1.32. The second-order valence-electron chi connectivity index (χ2n) is 4.18. The molecule has 0 aromatic carbocycles. The Labute approximate surface area is 90.3 Å². The molecule has 0 bridgehead atoms. The van der Waals surface area contributed by atoms with Crippen LogP contribution in [0, 0.1) is 0 Å². The van der Waals surface area contributed by atoms with E-state index in [1.807, 2.05) is 6.07 Å². The van der Waals surface area contributed by atoms with E-state index in [9.17, 15) is 0 Å². The molecule has 2 rings (SSSR count). The summed E-state index contributed by atoms with van der Waals surface area (Å²) in [6.45, 7) is 0. The lowest BCUT2D eigenvalue weighted by Gasteiger charge is -2.16. The number of nitrogens with two attached hydrogens (primary N) is 1. The van der Waals surface area contributed by atoms with Crippen molar-refractivity contribution in [2.75, 3.05) is 11.1 Å². The smallest absolute Gasteiger partial charge is 0.149 e. The molecule has 15 heavy (non-hydrogen) atoms. The molecule has 4 nitrogen and oxygen atoms in total. The van der Waals surface area contributed by atoms with E-state index in [2.05, 4.69) is 15.5 Å². The third-order valence-corrected chi connectivity index (χ3v) is 2.89. The Balaban J connectivity index is 1.92. The quantitative estimate of drug-likeness (QED) is 0.728. The van der Waals surface area contributed by atoms with Gasteiger partial charge >= 0.3 is 0 Å². The summed E-state index contributed by atoms with van der Waals surface area (Å²) in [4.78, 5) is 0. The van der Waals surface area contributed by atoms with Gasteiger partial charge in [-0.3, -0.25) is 0 Å². The van der Waals surface area contributed by atoms with E-state index < -0.39 is 0 Å². The summed E-state index contributed by atoms with van der Waals surface area (Å²) in [5, 5.41) is 11.3. The highest BCUT2D eigenvalue weighted by Crippen LogP contribution is 2.20. The molecule has 1 heterocycles. The zero-order chi connectivity index (χ0) is 10.5. The molecule has 3 N–H and O–H groups in total. The summed E-state index contributed by atoms with van der Waals surface area (Å²) in [6.07, 6.45) is 7.86. The molecule has 1 aromatic rings. The Bertz CT molecular complexity index is 288. The van der Waals surface area contributed by atoms with Gasteiger partial charge in [-0.15, -0.1) is 10.2 Å². The largest absolute Gasteiger partial charge is 0.382 e. The van der Waals surface area contributed by atoms with Gasteiger partial charge in [0.1, 0.15) is 11.6 Å². The molecule has 1 aliphatic rings. The number of rotatable bonds is 2. The van der Waals surface area contributed by atoms with Crippen LogP contribution in [0.5, 0.6) is 0 Å². The Morgan fingerprint density at radius 2 is 1.80 bits per heavy atom. The van der Waals surface area contributed by atoms with Crippen molar-refractivity contribution in [1.82, 2.24) is 10.2 Å². The number of nitrogen functional groups attached to an aromatic ring is 1. The van der Waals surface area contributed by atoms with E-state index in [4.69, 9.17) is 5.73 Å². The molecule has 4 heteroatoms. The fourth-order valence-corrected chi connectivity index (χ4v) is 2.05. The minimum atomic E-state index is 0.474. The van der Waals surface area contributed by atoms with Crippen LogP contribution in [-0.2, 0) is 0 Å². The molecule has 1 fully saturated rings. The van der Waals surface area contributed by atoms with Crippen molar-refractivity contribution in [3.63, 3.8) is 0 Å². The van der Waals surface area contributed by atoms with Gasteiger partial charge in [-0.05, 0) is 25.0 Å². The van der Waals surface area contributed by atoms with Gasteiger partial charge in [0.15, 0.2) is 0 Å². The van der Waals surface area contributed by atoms with E-state index in [-0.39, 0.29) is 0 Å². The number of hydrogen-bond donors (Lipinski definition) is 2. The van der Waals surface area contributed by atoms with E-state index >= 15 is 0 Å². The predicted molar refractivity (Wildman–Crippen MR) is 61.6 cm³/mol. The third kappa shape index (κ3) is 3.08. The first-order chi connectivity index (χ1) is 7.34. The van der Waals surface area contributed by atoms with E-state index in [0.717, 1.165) is 5.82 Å². The molecule has 0 aliphatic heterocycles. The number of hydrogen-bond acceptors (Lipinski definition) is 4. The predicted octanol–water partition coefficient (Wildman–Crippen LogP) is 2.19. The second kappa shape index (κ2) is 4.96. The first-order valence-corrected chi connectivity index (χ1v) is 5.70. The minimum absolute atomic E-state index is 0.474. The Morgan fingerprint density at radius 3 is 2.40 bits per heavy atom. The van der Waals surface area contributed by atoms with Crippen LogP contribution in [0.4, 0.5) is 11.6 Å². The van der Waals surface area contributed by atoms with Crippen LogP contribution in [0.15, 0.2) is 12.1 Å². The molecule has 82 valence electrons. The monoisotopic (exact) mass is 206 g/mol. The van der Waals surface area contributed by atoms with Crippen LogP contribution >= 0.6 is 0 Å². The topological polar surface area (TPSA) is 63.8 Å². The minimum Gasteiger partial charge on any atom is -0.382 e. The second-order valence-corrected chi connectivity index (χ2v) is 4.18. The van der Waals surface area contributed by atoms with Crippen LogP contribution in [0.3, 0.4) is 0 Å². The fourth-order valence-electron chi connectivity index (χ4n) is 2.05. The summed E-state index contributed by atoms with van der Waals surface area (Å²) < 4.78 is 0. The van der Waals surface area contributed by atoms with Gasteiger partial charge in [0.25, 0.3) is 0 Å². The fraction of sp³-hybridized carbons (Fsp3) is 0.636. The molecule has 0 spiro atoms. The lowest BCUT2D eigenvalue weighted by atomic mass is 10.1. The number of nitrogens with zero attached hydrogens (tertiary/aromatic N) is 2. The van der Waals surface area contributed by atoms with Crippen LogP contribution in [0.1, 0.15) is 38.5 Å². The van der Waals surface area contributed by atoms with E-state index in [1.165, 1.54) is 38.5 Å². The molecule has 1 saturated carbocycles. The van der Waals surface area contributed by atoms with Gasteiger partial charge in [0, 0.05) is 6.04 Å². The van der Waals surface area contributed by atoms with E-state index in [1.54, 1.807) is 6.07 Å². The van der Waals surface area contributed by atoms with Crippen molar-refractivity contribution in [3.8, 4) is 0 Å². The maximum Gasteiger partial charge on any atom is 0.149 e. The number of aromatic nitrogens is 2. The summed E-state index contributed by atoms with van der Waals surface area (Å²) >= 11 is 0.